The normalized spacial score (nSPS) is 15.7. The molecular weight excluding hydrogens is 666 g/mol. The number of aliphatic carboxylic acids is 1. The van der Waals surface area contributed by atoms with Crippen LogP contribution in [0, 0.1) is 11.8 Å². The topological polar surface area (TPSA) is 242 Å². The highest BCUT2D eigenvalue weighted by atomic mass is 16.6. The Bertz CT molecular complexity index is 1220. The van der Waals surface area contributed by atoms with E-state index < -0.39 is 107 Å². The summed E-state index contributed by atoms with van der Waals surface area (Å²) in [5, 5.41) is 19.5. The van der Waals surface area contributed by atoms with Gasteiger partial charge in [0.05, 0.1) is 24.7 Å². The molecule has 0 aliphatic heterocycles. The molecule has 0 aromatic rings. The molecule has 7 N–H and O–H groups in total. The average Bonchev–Trinajstić information content (AvgIpc) is 2.95. The first-order valence-corrected chi connectivity index (χ1v) is 17.3. The van der Waals surface area contributed by atoms with Gasteiger partial charge in [-0.2, -0.15) is 0 Å². The van der Waals surface area contributed by atoms with Gasteiger partial charge in [-0.25, -0.2) is 4.79 Å². The maximum Gasteiger partial charge on any atom is 0.326 e. The summed E-state index contributed by atoms with van der Waals surface area (Å²) < 4.78 is 16.5. The molecule has 0 saturated heterocycles. The van der Waals surface area contributed by atoms with E-state index in [9.17, 15) is 38.7 Å². The van der Waals surface area contributed by atoms with Crippen LogP contribution in [0.2, 0.25) is 0 Å². The van der Waals surface area contributed by atoms with E-state index >= 15 is 0 Å². The molecule has 4 amide bonds. The van der Waals surface area contributed by atoms with E-state index in [-0.39, 0.29) is 18.8 Å². The van der Waals surface area contributed by atoms with Crippen LogP contribution in [-0.4, -0.2) is 100 Å². The number of nitrogens with two attached hydrogens (primary N) is 1. The van der Waals surface area contributed by atoms with E-state index in [4.69, 9.17) is 19.9 Å². The summed E-state index contributed by atoms with van der Waals surface area (Å²) in [6, 6.07) is -6.75. The largest absolute Gasteiger partial charge is 0.480 e. The van der Waals surface area contributed by atoms with E-state index in [1.807, 2.05) is 6.92 Å². The zero-order valence-electron chi connectivity index (χ0n) is 32.7. The molecule has 16 heteroatoms. The predicted octanol–water partition coefficient (Wildman–Crippen LogP) is 1.71. The van der Waals surface area contributed by atoms with Crippen molar-refractivity contribution < 1.29 is 52.9 Å². The van der Waals surface area contributed by atoms with Gasteiger partial charge in [-0.05, 0) is 80.6 Å². The second-order valence-corrected chi connectivity index (χ2v) is 16.0. The molecule has 294 valence electrons. The number of carbonyl (C=O) groups excluding carboxylic acids is 6. The van der Waals surface area contributed by atoms with Gasteiger partial charge in [-0.1, -0.05) is 34.1 Å². The highest BCUT2D eigenvalue weighted by molar-refractivity contribution is 5.97. The molecule has 0 spiro atoms. The Morgan fingerprint density at radius 2 is 1.10 bits per heavy atom. The number of hydrogen-bond acceptors (Lipinski definition) is 11. The molecule has 0 heterocycles. The number of carbonyl (C=O) groups is 7. The van der Waals surface area contributed by atoms with Crippen LogP contribution in [0.25, 0.3) is 0 Å². The zero-order chi connectivity index (χ0) is 40.1. The number of hydrogen-bond donors (Lipinski definition) is 6. The second kappa shape index (κ2) is 20.3. The van der Waals surface area contributed by atoms with Gasteiger partial charge in [-0.3, -0.25) is 28.8 Å². The molecule has 0 bridgehead atoms. The third-order valence-corrected chi connectivity index (χ3v) is 7.22. The van der Waals surface area contributed by atoms with Crippen LogP contribution in [0.5, 0.6) is 0 Å². The van der Waals surface area contributed by atoms with Gasteiger partial charge in [-0.15, -0.1) is 0 Å². The minimum atomic E-state index is -1.61. The number of ether oxygens (including phenoxy) is 3. The molecule has 0 aromatic heterocycles. The Kier molecular flexibility index (Phi) is 18.8. The Morgan fingerprint density at radius 3 is 1.55 bits per heavy atom. The van der Waals surface area contributed by atoms with Crippen LogP contribution in [0.15, 0.2) is 0 Å². The number of rotatable bonds is 19. The van der Waals surface area contributed by atoms with Crippen LogP contribution in [-0.2, 0) is 47.8 Å². The molecule has 0 aliphatic rings. The minimum absolute atomic E-state index is 0.205. The van der Waals surface area contributed by atoms with E-state index in [2.05, 4.69) is 21.3 Å². The van der Waals surface area contributed by atoms with E-state index in [1.165, 1.54) is 0 Å². The van der Waals surface area contributed by atoms with E-state index in [0.717, 1.165) is 0 Å². The maximum atomic E-state index is 13.8. The van der Waals surface area contributed by atoms with Crippen molar-refractivity contribution in [1.29, 1.82) is 0 Å². The molecule has 0 unspecified atom stereocenters. The van der Waals surface area contributed by atoms with Crippen LogP contribution in [0.3, 0.4) is 0 Å². The lowest BCUT2D eigenvalue weighted by Gasteiger charge is -2.29. The van der Waals surface area contributed by atoms with E-state index in [0.29, 0.717) is 6.42 Å². The Balaban J connectivity index is 6.55. The summed E-state index contributed by atoms with van der Waals surface area (Å²) >= 11 is 0. The third-order valence-electron chi connectivity index (χ3n) is 7.22. The first kappa shape index (κ1) is 47.2. The fourth-order valence-electron chi connectivity index (χ4n) is 4.29. The Labute approximate surface area is 302 Å². The second-order valence-electron chi connectivity index (χ2n) is 16.0. The predicted molar refractivity (Wildman–Crippen MR) is 189 cm³/mol. The highest BCUT2D eigenvalue weighted by Gasteiger charge is 2.35. The molecule has 0 aliphatic carbocycles. The van der Waals surface area contributed by atoms with Crippen molar-refractivity contribution in [2.45, 2.75) is 163 Å². The van der Waals surface area contributed by atoms with Crippen molar-refractivity contribution in [1.82, 2.24) is 21.3 Å². The summed E-state index contributed by atoms with van der Waals surface area (Å²) in [4.78, 5) is 91.1. The Morgan fingerprint density at radius 1 is 0.647 bits per heavy atom. The Hall–Kier alpha value is -3.79. The van der Waals surface area contributed by atoms with Crippen LogP contribution < -0.4 is 27.0 Å². The molecule has 0 saturated carbocycles. The summed E-state index contributed by atoms with van der Waals surface area (Å²) in [6.45, 7) is 21.4. The molecule has 0 aromatic carbocycles. The maximum absolute atomic E-state index is 13.8. The van der Waals surface area contributed by atoms with Crippen LogP contribution in [0.4, 0.5) is 0 Å². The van der Waals surface area contributed by atoms with Gasteiger partial charge in [0.2, 0.25) is 23.6 Å². The number of amides is 4. The molecule has 0 rings (SSSR count). The fraction of sp³-hybridized carbons (Fsp3) is 0.800. The van der Waals surface area contributed by atoms with Crippen molar-refractivity contribution >= 4 is 41.5 Å². The number of carboxylic acid groups (broad SMARTS) is 1. The average molecular weight is 730 g/mol. The summed E-state index contributed by atoms with van der Waals surface area (Å²) in [6.07, 6.45) is -0.549. The lowest BCUT2D eigenvalue weighted by Crippen LogP contribution is -2.60. The van der Waals surface area contributed by atoms with Gasteiger partial charge in [0.1, 0.15) is 35.4 Å². The number of esters is 2. The van der Waals surface area contributed by atoms with Crippen LogP contribution in [0.1, 0.15) is 116 Å². The van der Waals surface area contributed by atoms with Crippen molar-refractivity contribution in [3.8, 4) is 0 Å². The van der Waals surface area contributed by atoms with Gasteiger partial charge in [0.25, 0.3) is 0 Å². The minimum Gasteiger partial charge on any atom is -0.480 e. The monoisotopic (exact) mass is 729 g/mol. The number of carboxylic acids is 1. The van der Waals surface area contributed by atoms with Crippen molar-refractivity contribution in [3.05, 3.63) is 0 Å². The lowest BCUT2D eigenvalue weighted by molar-refractivity contribution is -0.157. The van der Waals surface area contributed by atoms with Gasteiger partial charge < -0.3 is 46.3 Å². The standard InChI is InChI=1S/C35H63N5O11/c1-14-20(4)26(36)31(46)37-21(15-16-24(41)50-34(8,9)10)28(43)39-23(18-49-33(5,6)7)30(45)38-22(17-25(42)51-35(11,12)13)29(44)40-27(19(2)3)32(47)48/h19-23,26-27H,14-18,36H2,1-13H3,(H,37,46)(H,38,45)(H,39,43)(H,40,44)(H,47,48)/t20-,21-,22-,23-,26-,27-/m0/s1. The molecule has 0 radical (unpaired) electrons. The zero-order valence-corrected chi connectivity index (χ0v) is 32.7. The van der Waals surface area contributed by atoms with Crippen molar-refractivity contribution in [2.75, 3.05) is 6.61 Å². The van der Waals surface area contributed by atoms with Crippen molar-refractivity contribution in [3.63, 3.8) is 0 Å². The van der Waals surface area contributed by atoms with Crippen LogP contribution >= 0.6 is 0 Å². The first-order valence-electron chi connectivity index (χ1n) is 17.3. The third kappa shape index (κ3) is 20.0. The molecule has 16 nitrogen and oxygen atoms in total. The highest BCUT2D eigenvalue weighted by Crippen LogP contribution is 2.14. The summed E-state index contributed by atoms with van der Waals surface area (Å²) in [7, 11) is 0. The van der Waals surface area contributed by atoms with Gasteiger partial charge >= 0.3 is 17.9 Å². The van der Waals surface area contributed by atoms with Gasteiger partial charge in [0.15, 0.2) is 0 Å². The molecule has 51 heavy (non-hydrogen) atoms. The quantitative estimate of drug-likeness (QED) is 0.104. The summed E-state index contributed by atoms with van der Waals surface area (Å²) in [5.41, 5.74) is 3.58. The van der Waals surface area contributed by atoms with E-state index in [1.54, 1.807) is 83.1 Å². The van der Waals surface area contributed by atoms with Gasteiger partial charge in [0, 0.05) is 6.42 Å². The first-order chi connectivity index (χ1) is 23.1. The smallest absolute Gasteiger partial charge is 0.326 e. The lowest BCUT2D eigenvalue weighted by atomic mass is 9.98. The number of nitrogens with one attached hydrogen (secondary N) is 4. The molecule has 6 atom stereocenters. The van der Waals surface area contributed by atoms with Crippen molar-refractivity contribution in [2.24, 2.45) is 17.6 Å². The molecular formula is C35H63N5O11. The summed E-state index contributed by atoms with van der Waals surface area (Å²) in [5.74, 6) is -7.01. The SMILES string of the molecule is CC[C@H](C)[C@H](N)C(=O)N[C@@H](CCC(=O)OC(C)(C)C)C(=O)N[C@@H](COC(C)(C)C)C(=O)N[C@@H](CC(=O)OC(C)(C)C)C(=O)N[C@H](C(=O)O)C(C)C. The fourth-order valence-corrected chi connectivity index (χ4v) is 4.29. The molecule has 0 fully saturated rings.